The number of nitrogens with zero attached hydrogens (tertiary/aromatic N) is 1. The van der Waals surface area contributed by atoms with Gasteiger partial charge in [-0.2, -0.15) is 0 Å². The number of amides is 1. The van der Waals surface area contributed by atoms with Crippen LogP contribution in [-0.4, -0.2) is 15.6 Å². The van der Waals surface area contributed by atoms with Gasteiger partial charge in [0, 0.05) is 12.7 Å². The molecule has 0 saturated heterocycles. The van der Waals surface area contributed by atoms with E-state index in [9.17, 15) is 9.59 Å². The number of anilines is 1. The average molecular weight is 283 g/mol. The van der Waals surface area contributed by atoms with Crippen LogP contribution in [-0.2, 0) is 7.05 Å². The number of carbonyl (C=O) groups is 1. The van der Waals surface area contributed by atoms with Crippen molar-refractivity contribution in [3.8, 4) is 5.75 Å². The van der Waals surface area contributed by atoms with Crippen molar-refractivity contribution in [2.24, 2.45) is 7.05 Å². The fourth-order valence-corrected chi connectivity index (χ4v) is 2.05. The van der Waals surface area contributed by atoms with Crippen molar-refractivity contribution >= 4 is 22.8 Å². The summed E-state index contributed by atoms with van der Waals surface area (Å²) in [6.07, 6.45) is -0.584. The highest BCUT2D eigenvalue weighted by Gasteiger charge is 2.07. The summed E-state index contributed by atoms with van der Waals surface area (Å²) in [5, 5.41) is 2.62. The van der Waals surface area contributed by atoms with Crippen LogP contribution in [0.2, 0.25) is 0 Å². The molecule has 106 valence electrons. The fraction of sp³-hybridized carbons (Fsp3) is 0.0667. The number of hydrogen-bond acceptors (Lipinski definition) is 3. The normalized spacial score (nSPS) is 10.5. The van der Waals surface area contributed by atoms with Gasteiger partial charge in [-0.25, -0.2) is 9.59 Å². The van der Waals surface area contributed by atoms with Gasteiger partial charge in [0.2, 0.25) is 0 Å². The molecule has 0 aliphatic carbocycles. The van der Waals surface area contributed by atoms with Crippen molar-refractivity contribution < 1.29 is 9.53 Å². The van der Waals surface area contributed by atoms with Crippen LogP contribution >= 0.6 is 0 Å². The number of nitrogens with one attached hydrogen (secondary N) is 2. The van der Waals surface area contributed by atoms with Gasteiger partial charge in [0.25, 0.3) is 0 Å². The van der Waals surface area contributed by atoms with Gasteiger partial charge in [0.05, 0.1) is 11.0 Å². The number of aryl methyl sites for hydroxylation is 1. The SMILES string of the molecule is Cn1c(=O)[nH]c2cc(NC(=O)Oc3ccccc3)ccc21. The Hall–Kier alpha value is -3.02. The fourth-order valence-electron chi connectivity index (χ4n) is 2.05. The summed E-state index contributed by atoms with van der Waals surface area (Å²) >= 11 is 0. The first-order valence-electron chi connectivity index (χ1n) is 6.36. The Bertz CT molecular complexity index is 849. The first-order chi connectivity index (χ1) is 10.1. The largest absolute Gasteiger partial charge is 0.417 e. The van der Waals surface area contributed by atoms with Crippen molar-refractivity contribution in [3.63, 3.8) is 0 Å². The number of rotatable bonds is 2. The van der Waals surface area contributed by atoms with Crippen LogP contribution in [0.4, 0.5) is 10.5 Å². The molecule has 0 atom stereocenters. The van der Waals surface area contributed by atoms with Crippen LogP contribution in [0.5, 0.6) is 5.75 Å². The van der Waals surface area contributed by atoms with E-state index in [-0.39, 0.29) is 5.69 Å². The number of fused-ring (bicyclic) bond motifs is 1. The molecule has 0 aliphatic heterocycles. The van der Waals surface area contributed by atoms with Gasteiger partial charge in [0.15, 0.2) is 0 Å². The van der Waals surface area contributed by atoms with Gasteiger partial charge in [-0.15, -0.1) is 0 Å². The Morgan fingerprint density at radius 2 is 1.95 bits per heavy atom. The molecular formula is C15H13N3O3. The van der Waals surface area contributed by atoms with E-state index >= 15 is 0 Å². The molecule has 1 amide bonds. The van der Waals surface area contributed by atoms with E-state index in [2.05, 4.69) is 10.3 Å². The second-order valence-corrected chi connectivity index (χ2v) is 4.55. The second-order valence-electron chi connectivity index (χ2n) is 4.55. The van der Waals surface area contributed by atoms with Gasteiger partial charge in [-0.1, -0.05) is 18.2 Å². The van der Waals surface area contributed by atoms with E-state index in [1.807, 2.05) is 6.07 Å². The lowest BCUT2D eigenvalue weighted by molar-refractivity contribution is 0.215. The van der Waals surface area contributed by atoms with Gasteiger partial charge in [-0.05, 0) is 30.3 Å². The summed E-state index contributed by atoms with van der Waals surface area (Å²) in [7, 11) is 1.68. The Kier molecular flexibility index (Phi) is 3.19. The van der Waals surface area contributed by atoms with E-state index in [1.165, 1.54) is 4.57 Å². The number of benzene rings is 2. The molecule has 21 heavy (non-hydrogen) atoms. The molecule has 3 rings (SSSR count). The molecule has 0 spiro atoms. The zero-order valence-corrected chi connectivity index (χ0v) is 11.3. The quantitative estimate of drug-likeness (QED) is 0.758. The number of carbonyl (C=O) groups excluding carboxylic acids is 1. The zero-order valence-electron chi connectivity index (χ0n) is 11.3. The van der Waals surface area contributed by atoms with Gasteiger partial charge in [-0.3, -0.25) is 9.88 Å². The summed E-state index contributed by atoms with van der Waals surface area (Å²) in [6.45, 7) is 0. The number of para-hydroxylation sites is 1. The van der Waals surface area contributed by atoms with Crippen LogP contribution in [0.3, 0.4) is 0 Å². The minimum Gasteiger partial charge on any atom is -0.410 e. The van der Waals surface area contributed by atoms with Crippen molar-refractivity contribution in [2.45, 2.75) is 0 Å². The molecule has 1 heterocycles. The lowest BCUT2D eigenvalue weighted by Crippen LogP contribution is -2.16. The summed E-state index contributed by atoms with van der Waals surface area (Å²) in [5.41, 5.74) is 1.77. The van der Waals surface area contributed by atoms with Crippen molar-refractivity contribution in [3.05, 3.63) is 59.0 Å². The molecule has 0 fully saturated rings. The first-order valence-corrected chi connectivity index (χ1v) is 6.36. The number of imidazole rings is 1. The lowest BCUT2D eigenvalue weighted by atomic mass is 10.3. The minimum atomic E-state index is -0.584. The summed E-state index contributed by atoms with van der Waals surface area (Å²) in [4.78, 5) is 26.0. The molecule has 0 saturated carbocycles. The molecule has 1 aromatic heterocycles. The summed E-state index contributed by atoms with van der Waals surface area (Å²) in [6, 6.07) is 13.9. The number of aromatic amines is 1. The standard InChI is InChI=1S/C15H13N3O3/c1-18-13-8-7-10(9-12(13)17-14(18)19)16-15(20)21-11-5-3-2-4-6-11/h2-9H,1H3,(H,16,20)(H,17,19). The average Bonchev–Trinajstić information content (AvgIpc) is 2.74. The van der Waals surface area contributed by atoms with E-state index in [1.54, 1.807) is 49.5 Å². The monoisotopic (exact) mass is 283 g/mol. The van der Waals surface area contributed by atoms with E-state index in [0.29, 0.717) is 17.0 Å². The highest BCUT2D eigenvalue weighted by atomic mass is 16.6. The molecule has 6 heteroatoms. The third-order valence-corrected chi connectivity index (χ3v) is 3.10. The maximum Gasteiger partial charge on any atom is 0.417 e. The first kappa shape index (κ1) is 13.0. The number of ether oxygens (including phenoxy) is 1. The number of aromatic nitrogens is 2. The maximum absolute atomic E-state index is 11.8. The predicted molar refractivity (Wildman–Crippen MR) is 79.6 cm³/mol. The second kappa shape index (κ2) is 5.16. The third-order valence-electron chi connectivity index (χ3n) is 3.10. The Morgan fingerprint density at radius 1 is 1.19 bits per heavy atom. The molecule has 2 N–H and O–H groups in total. The highest BCUT2D eigenvalue weighted by Crippen LogP contribution is 2.17. The minimum absolute atomic E-state index is 0.200. The smallest absolute Gasteiger partial charge is 0.410 e. The van der Waals surface area contributed by atoms with Crippen LogP contribution in [0.1, 0.15) is 0 Å². The van der Waals surface area contributed by atoms with Crippen LogP contribution < -0.4 is 15.7 Å². The van der Waals surface area contributed by atoms with E-state index in [0.717, 1.165) is 5.52 Å². The molecule has 6 nitrogen and oxygen atoms in total. The van der Waals surface area contributed by atoms with Crippen molar-refractivity contribution in [2.75, 3.05) is 5.32 Å². The van der Waals surface area contributed by atoms with E-state index in [4.69, 9.17) is 4.74 Å². The summed E-state index contributed by atoms with van der Waals surface area (Å²) < 4.78 is 6.63. The van der Waals surface area contributed by atoms with Crippen molar-refractivity contribution in [1.82, 2.24) is 9.55 Å². The Balaban J connectivity index is 1.78. The molecular weight excluding hydrogens is 270 g/mol. The van der Waals surface area contributed by atoms with Crippen molar-refractivity contribution in [1.29, 1.82) is 0 Å². The molecule has 0 aliphatic rings. The predicted octanol–water partition coefficient (Wildman–Crippen LogP) is 2.48. The highest BCUT2D eigenvalue weighted by molar-refractivity contribution is 5.89. The summed E-state index contributed by atoms with van der Waals surface area (Å²) in [5.74, 6) is 0.462. The molecule has 0 unspecified atom stereocenters. The van der Waals surface area contributed by atoms with Gasteiger partial charge in [0.1, 0.15) is 5.75 Å². The number of hydrogen-bond donors (Lipinski definition) is 2. The third kappa shape index (κ3) is 2.64. The van der Waals surface area contributed by atoms with Crippen LogP contribution in [0, 0.1) is 0 Å². The Labute approximate surface area is 120 Å². The lowest BCUT2D eigenvalue weighted by Gasteiger charge is -2.06. The maximum atomic E-state index is 11.8. The number of H-pyrrole nitrogens is 1. The van der Waals surface area contributed by atoms with E-state index < -0.39 is 6.09 Å². The van der Waals surface area contributed by atoms with Crippen LogP contribution in [0.15, 0.2) is 53.3 Å². The van der Waals surface area contributed by atoms with Gasteiger partial charge < -0.3 is 9.72 Å². The molecule has 0 radical (unpaired) electrons. The molecule has 3 aromatic rings. The molecule has 2 aromatic carbocycles. The van der Waals surface area contributed by atoms with Crippen LogP contribution in [0.25, 0.3) is 11.0 Å². The topological polar surface area (TPSA) is 76.1 Å². The zero-order chi connectivity index (χ0) is 14.8. The molecule has 0 bridgehead atoms. The Morgan fingerprint density at radius 3 is 2.71 bits per heavy atom. The van der Waals surface area contributed by atoms with Gasteiger partial charge >= 0.3 is 11.8 Å².